The summed E-state index contributed by atoms with van der Waals surface area (Å²) in [6.45, 7) is 18.5. The van der Waals surface area contributed by atoms with Crippen LogP contribution in [-0.2, 0) is 4.79 Å². The van der Waals surface area contributed by atoms with Crippen LogP contribution < -0.4 is 5.32 Å². The van der Waals surface area contributed by atoms with Crippen molar-refractivity contribution in [3.63, 3.8) is 0 Å². The summed E-state index contributed by atoms with van der Waals surface area (Å²) >= 11 is 0. The molecule has 24 heavy (non-hydrogen) atoms. The lowest BCUT2D eigenvalue weighted by Crippen LogP contribution is -2.52. The summed E-state index contributed by atoms with van der Waals surface area (Å²) in [4.78, 5) is 17.5. The minimum atomic E-state index is -0.310. The van der Waals surface area contributed by atoms with E-state index in [2.05, 4.69) is 42.8 Å². The van der Waals surface area contributed by atoms with Gasteiger partial charge in [0.2, 0.25) is 5.91 Å². The van der Waals surface area contributed by atoms with Gasteiger partial charge in [-0.15, -0.1) is 0 Å². The lowest BCUT2D eigenvalue weighted by molar-refractivity contribution is -0.131. The Labute approximate surface area is 149 Å². The van der Waals surface area contributed by atoms with Gasteiger partial charge in [-0.1, -0.05) is 0 Å². The largest absolute Gasteiger partial charge is 0.353 e. The molecule has 0 aliphatic carbocycles. The van der Waals surface area contributed by atoms with E-state index in [1.807, 2.05) is 13.8 Å². The summed E-state index contributed by atoms with van der Waals surface area (Å²) in [7, 11) is 0. The zero-order chi connectivity index (χ0) is 18.0. The van der Waals surface area contributed by atoms with Crippen molar-refractivity contribution in [3.05, 3.63) is 0 Å². The molecule has 0 aromatic carbocycles. The molecule has 2 rings (SSSR count). The Morgan fingerprint density at radius 2 is 1.50 bits per heavy atom. The Kier molecular flexibility index (Phi) is 6.35. The first-order chi connectivity index (χ1) is 11.1. The molecule has 2 fully saturated rings. The fraction of sp³-hybridized carbons (Fsp3) is 0.950. The van der Waals surface area contributed by atoms with E-state index in [9.17, 15) is 4.79 Å². The SMILES string of the molecule is CC(C)NC(=O)C(C)(C)CN1CCC2(CC1)CCN(C(C)C)CC2. The lowest BCUT2D eigenvalue weighted by atomic mass is 9.71. The van der Waals surface area contributed by atoms with Gasteiger partial charge in [0, 0.05) is 18.6 Å². The summed E-state index contributed by atoms with van der Waals surface area (Å²) in [5.41, 5.74) is 0.266. The van der Waals surface area contributed by atoms with Crippen molar-refractivity contribution >= 4 is 5.91 Å². The van der Waals surface area contributed by atoms with Gasteiger partial charge in [-0.2, -0.15) is 0 Å². The summed E-state index contributed by atoms with van der Waals surface area (Å²) in [6.07, 6.45) is 5.33. The van der Waals surface area contributed by atoms with Crippen LogP contribution in [0.15, 0.2) is 0 Å². The van der Waals surface area contributed by atoms with Crippen LogP contribution in [0.25, 0.3) is 0 Å². The van der Waals surface area contributed by atoms with Gasteiger partial charge < -0.3 is 15.1 Å². The number of likely N-dealkylation sites (tertiary alicyclic amines) is 2. The molecule has 0 unspecified atom stereocenters. The number of nitrogens with one attached hydrogen (secondary N) is 1. The first-order valence-corrected chi connectivity index (χ1v) is 9.91. The molecular formula is C20H39N3O. The van der Waals surface area contributed by atoms with Crippen molar-refractivity contribution in [1.82, 2.24) is 15.1 Å². The van der Waals surface area contributed by atoms with Gasteiger partial charge in [0.1, 0.15) is 0 Å². The third-order valence-corrected chi connectivity index (χ3v) is 6.16. The fourth-order valence-corrected chi connectivity index (χ4v) is 4.29. The molecule has 2 saturated heterocycles. The number of rotatable bonds is 5. The van der Waals surface area contributed by atoms with Crippen LogP contribution in [0.2, 0.25) is 0 Å². The predicted molar refractivity (Wildman–Crippen MR) is 101 cm³/mol. The van der Waals surface area contributed by atoms with E-state index >= 15 is 0 Å². The molecule has 1 amide bonds. The van der Waals surface area contributed by atoms with Crippen LogP contribution in [-0.4, -0.2) is 60.5 Å². The van der Waals surface area contributed by atoms with Gasteiger partial charge in [0.05, 0.1) is 5.41 Å². The highest BCUT2D eigenvalue weighted by Gasteiger charge is 2.39. The Bertz CT molecular complexity index is 413. The second-order valence-electron chi connectivity index (χ2n) is 9.42. The van der Waals surface area contributed by atoms with Gasteiger partial charge in [0.15, 0.2) is 0 Å². The van der Waals surface area contributed by atoms with Crippen molar-refractivity contribution in [2.24, 2.45) is 10.8 Å². The monoisotopic (exact) mass is 337 g/mol. The van der Waals surface area contributed by atoms with Crippen molar-refractivity contribution in [1.29, 1.82) is 0 Å². The van der Waals surface area contributed by atoms with Crippen molar-refractivity contribution in [2.75, 3.05) is 32.7 Å². The van der Waals surface area contributed by atoms with Gasteiger partial charge in [-0.25, -0.2) is 0 Å². The van der Waals surface area contributed by atoms with E-state index in [1.165, 1.54) is 38.8 Å². The average Bonchev–Trinajstić information content (AvgIpc) is 2.49. The maximum Gasteiger partial charge on any atom is 0.227 e. The summed E-state index contributed by atoms with van der Waals surface area (Å²) < 4.78 is 0. The summed E-state index contributed by atoms with van der Waals surface area (Å²) in [5, 5.41) is 3.07. The quantitative estimate of drug-likeness (QED) is 0.837. The Morgan fingerprint density at radius 3 is 1.96 bits per heavy atom. The Morgan fingerprint density at radius 1 is 1.00 bits per heavy atom. The van der Waals surface area contributed by atoms with Crippen LogP contribution in [0.5, 0.6) is 0 Å². The minimum Gasteiger partial charge on any atom is -0.353 e. The van der Waals surface area contributed by atoms with Crippen LogP contribution >= 0.6 is 0 Å². The number of carbonyl (C=O) groups is 1. The highest BCUT2D eigenvalue weighted by Crippen LogP contribution is 2.42. The fourth-order valence-electron chi connectivity index (χ4n) is 4.29. The van der Waals surface area contributed by atoms with Gasteiger partial charge in [-0.05, 0) is 98.8 Å². The number of amides is 1. The standard InChI is InChI=1S/C20H39N3O/c1-16(2)21-18(24)19(5,6)15-22-11-7-20(8-12-22)9-13-23(14-10-20)17(3)4/h16-17H,7-15H2,1-6H3,(H,21,24). The molecule has 2 heterocycles. The van der Waals surface area contributed by atoms with E-state index in [0.717, 1.165) is 19.6 Å². The third kappa shape index (κ3) is 4.95. The van der Waals surface area contributed by atoms with Crippen LogP contribution in [0, 0.1) is 10.8 Å². The number of piperidine rings is 2. The molecule has 0 aromatic rings. The first-order valence-electron chi connectivity index (χ1n) is 9.91. The zero-order valence-electron chi connectivity index (χ0n) is 16.8. The molecule has 4 nitrogen and oxygen atoms in total. The summed E-state index contributed by atoms with van der Waals surface area (Å²) in [5.74, 6) is 0.183. The molecule has 0 radical (unpaired) electrons. The van der Waals surface area contributed by atoms with Gasteiger partial charge >= 0.3 is 0 Å². The number of nitrogens with zero attached hydrogens (tertiary/aromatic N) is 2. The van der Waals surface area contributed by atoms with Crippen molar-refractivity contribution in [2.45, 2.75) is 79.3 Å². The molecule has 0 atom stereocenters. The molecule has 2 aliphatic heterocycles. The third-order valence-electron chi connectivity index (χ3n) is 6.16. The smallest absolute Gasteiger partial charge is 0.227 e. The van der Waals surface area contributed by atoms with Crippen molar-refractivity contribution in [3.8, 4) is 0 Å². The molecule has 2 aliphatic rings. The topological polar surface area (TPSA) is 35.6 Å². The lowest BCUT2D eigenvalue weighted by Gasteiger charge is -2.48. The second kappa shape index (κ2) is 7.74. The number of hydrogen-bond acceptors (Lipinski definition) is 3. The zero-order valence-corrected chi connectivity index (χ0v) is 16.8. The molecule has 1 N–H and O–H groups in total. The van der Waals surface area contributed by atoms with Crippen molar-refractivity contribution < 1.29 is 4.79 Å². The molecule has 0 saturated carbocycles. The molecule has 0 bridgehead atoms. The Hall–Kier alpha value is -0.610. The highest BCUT2D eigenvalue weighted by molar-refractivity contribution is 5.82. The molecule has 0 aromatic heterocycles. The van der Waals surface area contributed by atoms with Crippen LogP contribution in [0.1, 0.15) is 67.2 Å². The second-order valence-corrected chi connectivity index (χ2v) is 9.42. The normalized spacial score (nSPS) is 23.2. The van der Waals surface area contributed by atoms with Crippen LogP contribution in [0.3, 0.4) is 0 Å². The number of hydrogen-bond donors (Lipinski definition) is 1. The average molecular weight is 338 g/mol. The minimum absolute atomic E-state index is 0.183. The maximum absolute atomic E-state index is 12.4. The van der Waals surface area contributed by atoms with E-state index in [1.54, 1.807) is 0 Å². The van der Waals surface area contributed by atoms with E-state index in [-0.39, 0.29) is 17.4 Å². The van der Waals surface area contributed by atoms with Crippen LogP contribution in [0.4, 0.5) is 0 Å². The van der Waals surface area contributed by atoms with E-state index < -0.39 is 0 Å². The van der Waals surface area contributed by atoms with Gasteiger partial charge in [-0.3, -0.25) is 4.79 Å². The Balaban J connectivity index is 1.82. The molecule has 4 heteroatoms. The molecule has 140 valence electrons. The number of carbonyl (C=O) groups excluding carboxylic acids is 1. The highest BCUT2D eigenvalue weighted by atomic mass is 16.2. The first kappa shape index (κ1) is 19.7. The predicted octanol–water partition coefficient (Wildman–Crippen LogP) is 3.12. The molecular weight excluding hydrogens is 298 g/mol. The van der Waals surface area contributed by atoms with E-state index in [4.69, 9.17) is 0 Å². The maximum atomic E-state index is 12.4. The van der Waals surface area contributed by atoms with E-state index in [0.29, 0.717) is 11.5 Å². The van der Waals surface area contributed by atoms with Gasteiger partial charge in [0.25, 0.3) is 0 Å². The summed E-state index contributed by atoms with van der Waals surface area (Å²) in [6, 6.07) is 0.898. The molecule has 1 spiro atoms.